The van der Waals surface area contributed by atoms with Crippen molar-refractivity contribution in [1.29, 1.82) is 0 Å². The first-order chi connectivity index (χ1) is 13.2. The van der Waals surface area contributed by atoms with Crippen LogP contribution in [0.1, 0.15) is 30.7 Å². The molecule has 0 spiro atoms. The largest absolute Gasteiger partial charge is 0.298 e. The molecule has 4 aliphatic heterocycles. The summed E-state index contributed by atoms with van der Waals surface area (Å²) in [5, 5.41) is 11.3. The standard InChI is InChI=1S/C19H24F2N6/c20-16-4-1-3-14(17(16)21)15-11-26(7-2-8-27-12-22-23-24-27)18-13-5-9-25(10-6-13)19(15)18/h1,3-4,12-13,15,18-19H,2,5-11H2/t15-,18-,19-/m0/s1. The molecule has 6 nitrogen and oxygen atoms in total. The Kier molecular flexibility index (Phi) is 4.40. The van der Waals surface area contributed by atoms with Gasteiger partial charge in [-0.05, 0) is 60.3 Å². The van der Waals surface area contributed by atoms with E-state index in [4.69, 9.17) is 0 Å². The summed E-state index contributed by atoms with van der Waals surface area (Å²) < 4.78 is 30.2. The van der Waals surface area contributed by atoms with Gasteiger partial charge in [-0.25, -0.2) is 13.5 Å². The van der Waals surface area contributed by atoms with Crippen molar-refractivity contribution in [2.75, 3.05) is 26.2 Å². The molecule has 6 rings (SSSR count). The molecule has 8 heteroatoms. The molecule has 0 aliphatic carbocycles. The van der Waals surface area contributed by atoms with Gasteiger partial charge in [0.15, 0.2) is 11.6 Å². The van der Waals surface area contributed by atoms with Gasteiger partial charge in [-0.2, -0.15) is 0 Å². The highest BCUT2D eigenvalue weighted by atomic mass is 19.2. The lowest BCUT2D eigenvalue weighted by atomic mass is 9.75. The number of hydrogen-bond donors (Lipinski definition) is 0. The molecule has 2 aromatic rings. The molecular formula is C19H24F2N6. The highest BCUT2D eigenvalue weighted by molar-refractivity contribution is 5.29. The van der Waals surface area contributed by atoms with E-state index in [9.17, 15) is 8.78 Å². The van der Waals surface area contributed by atoms with Crippen LogP contribution >= 0.6 is 0 Å². The highest BCUT2D eigenvalue weighted by Gasteiger charge is 2.53. The van der Waals surface area contributed by atoms with E-state index in [0.29, 0.717) is 23.6 Å². The van der Waals surface area contributed by atoms with Crippen LogP contribution in [0, 0.1) is 17.6 Å². The maximum absolute atomic E-state index is 14.6. The molecule has 1 aromatic carbocycles. The van der Waals surface area contributed by atoms with E-state index < -0.39 is 11.6 Å². The first-order valence-corrected chi connectivity index (χ1v) is 9.85. The fourth-order valence-corrected chi connectivity index (χ4v) is 5.59. The van der Waals surface area contributed by atoms with Crippen LogP contribution in [0.2, 0.25) is 0 Å². The Hall–Kier alpha value is -1.93. The third-order valence-electron chi connectivity index (χ3n) is 6.70. The zero-order valence-corrected chi connectivity index (χ0v) is 15.2. The Morgan fingerprint density at radius 2 is 1.93 bits per heavy atom. The smallest absolute Gasteiger partial charge is 0.162 e. The molecule has 5 heterocycles. The van der Waals surface area contributed by atoms with Crippen LogP contribution in [0.3, 0.4) is 0 Å². The molecule has 4 fully saturated rings. The molecule has 0 saturated carbocycles. The van der Waals surface area contributed by atoms with Crippen molar-refractivity contribution in [3.63, 3.8) is 0 Å². The number of aryl methyl sites for hydroxylation is 1. The Morgan fingerprint density at radius 1 is 1.07 bits per heavy atom. The summed E-state index contributed by atoms with van der Waals surface area (Å²) >= 11 is 0. The predicted molar refractivity (Wildman–Crippen MR) is 95.0 cm³/mol. The Balaban J connectivity index is 1.39. The molecule has 1 aromatic heterocycles. The quantitative estimate of drug-likeness (QED) is 0.800. The summed E-state index contributed by atoms with van der Waals surface area (Å²) in [6.07, 6.45) is 5.00. The average Bonchev–Trinajstić information content (AvgIpc) is 3.34. The van der Waals surface area contributed by atoms with Crippen molar-refractivity contribution in [2.24, 2.45) is 5.92 Å². The number of tetrazole rings is 1. The van der Waals surface area contributed by atoms with Gasteiger partial charge in [-0.1, -0.05) is 12.1 Å². The monoisotopic (exact) mass is 374 g/mol. The fraction of sp³-hybridized carbons (Fsp3) is 0.632. The van der Waals surface area contributed by atoms with Crippen LogP contribution < -0.4 is 0 Å². The molecule has 3 atom stereocenters. The summed E-state index contributed by atoms with van der Waals surface area (Å²) in [6, 6.07) is 5.35. The van der Waals surface area contributed by atoms with Gasteiger partial charge in [0.25, 0.3) is 0 Å². The lowest BCUT2D eigenvalue weighted by Crippen LogP contribution is -2.60. The summed E-state index contributed by atoms with van der Waals surface area (Å²) in [5.41, 5.74) is 0.542. The number of nitrogens with zero attached hydrogens (tertiary/aromatic N) is 6. The third-order valence-corrected chi connectivity index (χ3v) is 6.70. The molecule has 4 saturated heterocycles. The number of rotatable bonds is 5. The predicted octanol–water partition coefficient (Wildman–Crippen LogP) is 1.90. The maximum Gasteiger partial charge on any atom is 0.162 e. The number of hydrogen-bond acceptors (Lipinski definition) is 5. The van der Waals surface area contributed by atoms with Gasteiger partial charge in [-0.3, -0.25) is 9.80 Å². The van der Waals surface area contributed by atoms with Crippen molar-refractivity contribution in [1.82, 2.24) is 30.0 Å². The molecule has 0 amide bonds. The van der Waals surface area contributed by atoms with Crippen molar-refractivity contribution >= 4 is 0 Å². The minimum atomic E-state index is -0.739. The van der Waals surface area contributed by atoms with Gasteiger partial charge in [-0.15, -0.1) is 5.10 Å². The topological polar surface area (TPSA) is 50.1 Å². The average molecular weight is 374 g/mol. The minimum Gasteiger partial charge on any atom is -0.298 e. The van der Waals surface area contributed by atoms with Crippen molar-refractivity contribution in [3.8, 4) is 0 Å². The van der Waals surface area contributed by atoms with Gasteiger partial charge >= 0.3 is 0 Å². The molecule has 2 bridgehead atoms. The fourth-order valence-electron chi connectivity index (χ4n) is 5.59. The number of likely N-dealkylation sites (tertiary alicyclic amines) is 1. The second kappa shape index (κ2) is 6.91. The summed E-state index contributed by atoms with van der Waals surface area (Å²) in [6.45, 7) is 4.65. The number of aromatic nitrogens is 4. The Morgan fingerprint density at radius 3 is 2.70 bits per heavy atom. The van der Waals surface area contributed by atoms with Crippen molar-refractivity contribution < 1.29 is 8.78 Å². The van der Waals surface area contributed by atoms with E-state index in [1.54, 1.807) is 23.1 Å². The first-order valence-electron chi connectivity index (χ1n) is 9.85. The molecule has 27 heavy (non-hydrogen) atoms. The van der Waals surface area contributed by atoms with E-state index >= 15 is 0 Å². The molecule has 0 radical (unpaired) electrons. The van der Waals surface area contributed by atoms with E-state index in [2.05, 4.69) is 25.3 Å². The number of halogens is 2. The van der Waals surface area contributed by atoms with Gasteiger partial charge in [0.2, 0.25) is 0 Å². The van der Waals surface area contributed by atoms with Crippen LogP contribution in [0.15, 0.2) is 24.5 Å². The molecule has 0 unspecified atom stereocenters. The summed E-state index contributed by atoms with van der Waals surface area (Å²) in [5.74, 6) is -0.715. The Labute approximate surface area is 157 Å². The van der Waals surface area contributed by atoms with Gasteiger partial charge in [0.1, 0.15) is 6.33 Å². The molecule has 144 valence electrons. The van der Waals surface area contributed by atoms with Gasteiger partial charge in [0, 0.05) is 37.6 Å². The molecule has 4 aliphatic rings. The van der Waals surface area contributed by atoms with Crippen LogP contribution in [0.25, 0.3) is 0 Å². The van der Waals surface area contributed by atoms with Crippen LogP contribution in [-0.2, 0) is 6.54 Å². The van der Waals surface area contributed by atoms with Crippen LogP contribution in [0.5, 0.6) is 0 Å². The number of piperidine rings is 3. The van der Waals surface area contributed by atoms with Crippen molar-refractivity contribution in [3.05, 3.63) is 41.7 Å². The summed E-state index contributed by atoms with van der Waals surface area (Å²) in [4.78, 5) is 5.03. The van der Waals surface area contributed by atoms with E-state index in [1.165, 1.54) is 18.9 Å². The highest BCUT2D eigenvalue weighted by Crippen LogP contribution is 2.47. The first kappa shape index (κ1) is 17.2. The lowest BCUT2D eigenvalue weighted by Gasteiger charge is -2.51. The number of fused-ring (bicyclic) bond motifs is 2. The summed E-state index contributed by atoms with van der Waals surface area (Å²) in [7, 11) is 0. The second-order valence-electron chi connectivity index (χ2n) is 8.03. The van der Waals surface area contributed by atoms with E-state index in [-0.39, 0.29) is 5.92 Å². The second-order valence-corrected chi connectivity index (χ2v) is 8.03. The zero-order chi connectivity index (χ0) is 18.4. The van der Waals surface area contributed by atoms with E-state index in [1.807, 2.05) is 0 Å². The SMILES string of the molecule is Fc1cccc([C@@H]2CN(CCCn3cnnn3)[C@H]3C4CCN(CC4)[C@@H]23)c1F. The van der Waals surface area contributed by atoms with Gasteiger partial charge < -0.3 is 0 Å². The van der Waals surface area contributed by atoms with Crippen LogP contribution in [-0.4, -0.2) is 68.3 Å². The zero-order valence-electron chi connectivity index (χ0n) is 15.2. The Bertz CT molecular complexity index is 790. The maximum atomic E-state index is 14.6. The van der Waals surface area contributed by atoms with Gasteiger partial charge in [0.05, 0.1) is 0 Å². The minimum absolute atomic E-state index is 0.0295. The lowest BCUT2D eigenvalue weighted by molar-refractivity contribution is -0.00718. The van der Waals surface area contributed by atoms with Crippen molar-refractivity contribution in [2.45, 2.75) is 43.8 Å². The third kappa shape index (κ3) is 2.95. The van der Waals surface area contributed by atoms with E-state index in [0.717, 1.165) is 39.1 Å². The van der Waals surface area contributed by atoms with Crippen LogP contribution in [0.4, 0.5) is 8.78 Å². The normalized spacial score (nSPS) is 32.7. The molecule has 0 N–H and O–H groups in total. The molecular weight excluding hydrogens is 350 g/mol. The number of benzene rings is 1.